The Bertz CT molecular complexity index is 648. The molecule has 8 heteroatoms. The third kappa shape index (κ3) is 3.43. The molecule has 1 aliphatic heterocycles. The van der Waals surface area contributed by atoms with Gasteiger partial charge in [-0.3, -0.25) is 0 Å². The number of nitrogens with two attached hydrogens (primary N) is 1. The molecule has 0 amide bonds. The molecular weight excluding hydrogens is 328 g/mol. The number of ether oxygens (including phenoxy) is 1. The fourth-order valence-electron chi connectivity index (χ4n) is 2.61. The summed E-state index contributed by atoms with van der Waals surface area (Å²) >= 11 is 0. The summed E-state index contributed by atoms with van der Waals surface area (Å²) in [4.78, 5) is 11.7. The maximum Gasteiger partial charge on any atom is 0.337 e. The summed E-state index contributed by atoms with van der Waals surface area (Å²) in [5.41, 5.74) is 6.49. The molecule has 1 heterocycles. The van der Waals surface area contributed by atoms with Gasteiger partial charge in [0.2, 0.25) is 10.0 Å². The maximum absolute atomic E-state index is 12.8. The summed E-state index contributed by atoms with van der Waals surface area (Å²) in [5, 5.41) is 0. The van der Waals surface area contributed by atoms with Crippen molar-refractivity contribution in [2.24, 2.45) is 5.73 Å². The number of hydrogen-bond acceptors (Lipinski definition) is 5. The lowest BCUT2D eigenvalue weighted by Gasteiger charge is -2.24. The molecule has 0 saturated carbocycles. The van der Waals surface area contributed by atoms with E-state index >= 15 is 0 Å². The lowest BCUT2D eigenvalue weighted by molar-refractivity contribution is 0.0600. The fourth-order valence-corrected chi connectivity index (χ4v) is 4.57. The Labute approximate surface area is 137 Å². The van der Waals surface area contributed by atoms with Gasteiger partial charge in [0.05, 0.1) is 17.6 Å². The smallest absolute Gasteiger partial charge is 0.337 e. The average Bonchev–Trinajstić information content (AvgIpc) is 2.96. The van der Waals surface area contributed by atoms with Crippen molar-refractivity contribution in [3.05, 3.63) is 29.3 Å². The zero-order chi connectivity index (χ0) is 15.6. The van der Waals surface area contributed by atoms with Crippen LogP contribution in [-0.2, 0) is 14.8 Å². The lowest BCUT2D eigenvalue weighted by atomic mass is 10.1. The number of rotatable bonds is 4. The summed E-state index contributed by atoms with van der Waals surface area (Å²) in [7, 11) is -2.38. The van der Waals surface area contributed by atoms with Gasteiger partial charge in [-0.05, 0) is 37.5 Å². The molecule has 0 bridgehead atoms. The summed E-state index contributed by atoms with van der Waals surface area (Å²) in [6.07, 6.45) is 1.57. The topological polar surface area (TPSA) is 89.7 Å². The van der Waals surface area contributed by atoms with Crippen LogP contribution in [0.5, 0.6) is 0 Å². The minimum atomic E-state index is -3.65. The van der Waals surface area contributed by atoms with Crippen LogP contribution >= 0.6 is 12.4 Å². The number of nitrogens with zero attached hydrogens (tertiary/aromatic N) is 1. The van der Waals surface area contributed by atoms with Crippen molar-refractivity contribution in [1.82, 2.24) is 4.31 Å². The Balaban J connectivity index is 0.00000242. The fraction of sp³-hybridized carbons (Fsp3) is 0.500. The first kappa shape index (κ1) is 18.9. The Morgan fingerprint density at radius 2 is 2.14 bits per heavy atom. The molecule has 1 unspecified atom stereocenters. The predicted octanol–water partition coefficient (Wildman–Crippen LogP) is 1.32. The van der Waals surface area contributed by atoms with E-state index in [4.69, 9.17) is 5.73 Å². The van der Waals surface area contributed by atoms with Gasteiger partial charge in [0.15, 0.2) is 0 Å². The highest BCUT2D eigenvalue weighted by Crippen LogP contribution is 2.28. The molecule has 1 saturated heterocycles. The van der Waals surface area contributed by atoms with Gasteiger partial charge in [-0.15, -0.1) is 12.4 Å². The number of aryl methyl sites for hydroxylation is 1. The van der Waals surface area contributed by atoms with E-state index in [0.29, 0.717) is 18.7 Å². The average molecular weight is 349 g/mol. The van der Waals surface area contributed by atoms with Gasteiger partial charge in [-0.1, -0.05) is 6.07 Å². The first-order chi connectivity index (χ1) is 9.91. The van der Waals surface area contributed by atoms with E-state index in [1.807, 2.05) is 0 Å². The van der Waals surface area contributed by atoms with E-state index in [1.165, 1.54) is 17.5 Å². The van der Waals surface area contributed by atoms with Crippen molar-refractivity contribution in [1.29, 1.82) is 0 Å². The largest absolute Gasteiger partial charge is 0.465 e. The van der Waals surface area contributed by atoms with Gasteiger partial charge in [0, 0.05) is 19.1 Å². The number of hydrogen-bond donors (Lipinski definition) is 1. The minimum Gasteiger partial charge on any atom is -0.465 e. The van der Waals surface area contributed by atoms with Crippen molar-refractivity contribution in [2.45, 2.75) is 30.7 Å². The minimum absolute atomic E-state index is 0. The van der Waals surface area contributed by atoms with Gasteiger partial charge in [-0.2, -0.15) is 4.31 Å². The van der Waals surface area contributed by atoms with Gasteiger partial charge < -0.3 is 10.5 Å². The Morgan fingerprint density at radius 1 is 1.45 bits per heavy atom. The number of halogens is 1. The van der Waals surface area contributed by atoms with Crippen LogP contribution < -0.4 is 5.73 Å². The monoisotopic (exact) mass is 348 g/mol. The van der Waals surface area contributed by atoms with Crippen LogP contribution in [0.25, 0.3) is 0 Å². The van der Waals surface area contributed by atoms with Crippen molar-refractivity contribution in [3.8, 4) is 0 Å². The van der Waals surface area contributed by atoms with Crippen LogP contribution in [0.2, 0.25) is 0 Å². The quantitative estimate of drug-likeness (QED) is 0.829. The molecule has 2 N–H and O–H groups in total. The number of carbonyl (C=O) groups is 1. The van der Waals surface area contributed by atoms with Crippen molar-refractivity contribution >= 4 is 28.4 Å². The third-order valence-corrected chi connectivity index (χ3v) is 5.88. The lowest BCUT2D eigenvalue weighted by Crippen LogP contribution is -2.40. The molecule has 1 atom stereocenters. The molecule has 124 valence electrons. The first-order valence-corrected chi connectivity index (χ1v) is 8.26. The third-order valence-electron chi connectivity index (χ3n) is 3.79. The molecule has 0 aliphatic carbocycles. The molecule has 1 fully saturated rings. The normalized spacial score (nSPS) is 18.8. The van der Waals surface area contributed by atoms with E-state index < -0.39 is 16.0 Å². The van der Waals surface area contributed by atoms with E-state index in [2.05, 4.69) is 4.74 Å². The van der Waals surface area contributed by atoms with Crippen LogP contribution in [0.3, 0.4) is 0 Å². The molecular formula is C14H21ClN2O4S. The van der Waals surface area contributed by atoms with Crippen LogP contribution in [0.4, 0.5) is 0 Å². The second-order valence-corrected chi connectivity index (χ2v) is 6.98. The van der Waals surface area contributed by atoms with Crippen molar-refractivity contribution in [2.75, 3.05) is 20.2 Å². The summed E-state index contributed by atoms with van der Waals surface area (Å²) in [6.45, 7) is 2.47. The van der Waals surface area contributed by atoms with Gasteiger partial charge in [0.1, 0.15) is 0 Å². The molecule has 1 aromatic rings. The molecule has 0 aromatic heterocycles. The van der Waals surface area contributed by atoms with E-state index in [0.717, 1.165) is 12.8 Å². The highest BCUT2D eigenvalue weighted by Gasteiger charge is 2.35. The summed E-state index contributed by atoms with van der Waals surface area (Å²) < 4.78 is 31.7. The Morgan fingerprint density at radius 3 is 2.73 bits per heavy atom. The van der Waals surface area contributed by atoms with Crippen LogP contribution in [-0.4, -0.2) is 44.9 Å². The van der Waals surface area contributed by atoms with Crippen molar-refractivity contribution in [3.63, 3.8) is 0 Å². The summed E-state index contributed by atoms with van der Waals surface area (Å²) in [5.74, 6) is -0.553. The van der Waals surface area contributed by atoms with Crippen LogP contribution in [0.1, 0.15) is 28.8 Å². The number of esters is 1. The second-order valence-electron chi connectivity index (χ2n) is 5.12. The Kier molecular flexibility index (Phi) is 6.37. The molecule has 6 nitrogen and oxygen atoms in total. The summed E-state index contributed by atoms with van der Waals surface area (Å²) in [6, 6.07) is 4.38. The maximum atomic E-state index is 12.8. The van der Waals surface area contributed by atoms with E-state index in [-0.39, 0.29) is 28.9 Å². The van der Waals surface area contributed by atoms with E-state index in [9.17, 15) is 13.2 Å². The van der Waals surface area contributed by atoms with Gasteiger partial charge in [0.25, 0.3) is 0 Å². The first-order valence-electron chi connectivity index (χ1n) is 6.82. The van der Waals surface area contributed by atoms with Gasteiger partial charge >= 0.3 is 5.97 Å². The predicted molar refractivity (Wildman–Crippen MR) is 85.7 cm³/mol. The van der Waals surface area contributed by atoms with Crippen molar-refractivity contribution < 1.29 is 17.9 Å². The highest BCUT2D eigenvalue weighted by molar-refractivity contribution is 7.89. The molecule has 1 aromatic carbocycles. The van der Waals surface area contributed by atoms with E-state index in [1.54, 1.807) is 19.1 Å². The molecule has 22 heavy (non-hydrogen) atoms. The number of sulfonamides is 1. The number of benzene rings is 1. The Hall–Kier alpha value is -1.15. The molecule has 0 spiro atoms. The highest BCUT2D eigenvalue weighted by atomic mass is 35.5. The molecule has 0 radical (unpaired) electrons. The van der Waals surface area contributed by atoms with Crippen LogP contribution in [0, 0.1) is 6.92 Å². The zero-order valence-corrected chi connectivity index (χ0v) is 14.2. The molecule has 1 aliphatic rings. The van der Waals surface area contributed by atoms with Gasteiger partial charge in [-0.25, -0.2) is 13.2 Å². The standard InChI is InChI=1S/C14H20N2O4S.ClH/c1-10-5-6-11(14(17)20-2)8-13(10)21(18,19)16-7-3-4-12(16)9-15;/h5-6,8,12H,3-4,7,9,15H2,1-2H3;1H. The molecule has 2 rings (SSSR count). The number of carbonyl (C=O) groups excluding carboxylic acids is 1. The number of methoxy groups -OCH3 is 1. The SMILES string of the molecule is COC(=O)c1ccc(C)c(S(=O)(=O)N2CCCC2CN)c1.Cl. The van der Waals surface area contributed by atoms with Crippen LogP contribution in [0.15, 0.2) is 23.1 Å². The second kappa shape index (κ2) is 7.41. The zero-order valence-electron chi connectivity index (χ0n) is 12.6.